The summed E-state index contributed by atoms with van der Waals surface area (Å²) in [5.74, 6) is -0.0723. The molecule has 1 aliphatic heterocycles. The third-order valence-electron chi connectivity index (χ3n) is 4.53. The summed E-state index contributed by atoms with van der Waals surface area (Å²) < 4.78 is 0. The average molecular weight is 315 g/mol. The first kappa shape index (κ1) is 14.6. The van der Waals surface area contributed by atoms with Crippen molar-refractivity contribution in [3.05, 3.63) is 83.6 Å². The van der Waals surface area contributed by atoms with Gasteiger partial charge in [-0.25, -0.2) is 0 Å². The molecule has 2 aliphatic rings. The second-order valence-electron chi connectivity index (χ2n) is 6.08. The second-order valence-corrected chi connectivity index (χ2v) is 6.08. The number of allylic oxidation sites excluding steroid dienone is 3. The Morgan fingerprint density at radius 2 is 1.50 bits per heavy atom. The van der Waals surface area contributed by atoms with Gasteiger partial charge in [0.1, 0.15) is 0 Å². The Hall–Kier alpha value is -2.94. The highest BCUT2D eigenvalue weighted by Gasteiger charge is 2.31. The molecule has 24 heavy (non-hydrogen) atoms. The van der Waals surface area contributed by atoms with Crippen LogP contribution in [0.15, 0.2) is 72.4 Å². The van der Waals surface area contributed by atoms with E-state index in [4.69, 9.17) is 0 Å². The predicted molar refractivity (Wildman–Crippen MR) is 94.4 cm³/mol. The summed E-state index contributed by atoms with van der Waals surface area (Å²) in [5.41, 5.74) is 4.33. The minimum Gasteiger partial charge on any atom is -0.343 e. The number of Topliss-reactive ketones (excluding diaryl/α,β-unsaturated/α-hetero) is 2. The first-order chi connectivity index (χ1) is 11.7. The lowest BCUT2D eigenvalue weighted by molar-refractivity contribution is -0.116. The Morgan fingerprint density at radius 1 is 0.833 bits per heavy atom. The van der Waals surface area contributed by atoms with Crippen molar-refractivity contribution in [2.45, 2.75) is 19.4 Å². The topological polar surface area (TPSA) is 37.4 Å². The van der Waals surface area contributed by atoms with Gasteiger partial charge in [0.25, 0.3) is 0 Å². The lowest BCUT2D eigenvalue weighted by Crippen LogP contribution is -2.20. The Morgan fingerprint density at radius 3 is 2.25 bits per heavy atom. The lowest BCUT2D eigenvalue weighted by atomic mass is 9.93. The standard InChI is InChI=1S/C21H17NO2/c23-19-10-11-20(24)21(19)17-12-13-22(14-15-6-2-1-3-7-15)18-9-5-4-8-16(17)18/h1-9,12-13H,10-11,14H2. The zero-order valence-corrected chi connectivity index (χ0v) is 13.2. The van der Waals surface area contributed by atoms with Gasteiger partial charge < -0.3 is 4.90 Å². The van der Waals surface area contributed by atoms with Crippen LogP contribution in [0.3, 0.4) is 0 Å². The maximum atomic E-state index is 12.1. The van der Waals surface area contributed by atoms with E-state index in [1.807, 2.05) is 54.7 Å². The molecule has 3 heteroatoms. The molecule has 0 N–H and O–H groups in total. The number of nitrogens with zero attached hydrogens (tertiary/aromatic N) is 1. The molecule has 1 aliphatic carbocycles. The van der Waals surface area contributed by atoms with Gasteiger partial charge >= 0.3 is 0 Å². The van der Waals surface area contributed by atoms with E-state index in [1.54, 1.807) is 0 Å². The molecule has 1 saturated carbocycles. The third-order valence-corrected chi connectivity index (χ3v) is 4.53. The molecule has 0 bridgehead atoms. The van der Waals surface area contributed by atoms with E-state index in [0.717, 1.165) is 23.4 Å². The number of ketones is 2. The van der Waals surface area contributed by atoms with Crippen LogP contribution >= 0.6 is 0 Å². The fraction of sp³-hybridized carbons (Fsp3) is 0.143. The van der Waals surface area contributed by atoms with E-state index in [9.17, 15) is 9.59 Å². The van der Waals surface area contributed by atoms with Crippen LogP contribution in [-0.4, -0.2) is 11.6 Å². The number of anilines is 1. The molecule has 1 fully saturated rings. The highest BCUT2D eigenvalue weighted by atomic mass is 16.2. The fourth-order valence-corrected chi connectivity index (χ4v) is 3.36. The van der Waals surface area contributed by atoms with Crippen molar-refractivity contribution >= 4 is 22.8 Å². The number of rotatable bonds is 2. The van der Waals surface area contributed by atoms with Crippen molar-refractivity contribution in [2.24, 2.45) is 0 Å². The first-order valence-corrected chi connectivity index (χ1v) is 8.13. The maximum Gasteiger partial charge on any atom is 0.167 e. The van der Waals surface area contributed by atoms with Crippen LogP contribution in [0.5, 0.6) is 0 Å². The number of hydrogen-bond donors (Lipinski definition) is 0. The third kappa shape index (κ3) is 2.48. The first-order valence-electron chi connectivity index (χ1n) is 8.13. The van der Waals surface area contributed by atoms with Crippen LogP contribution in [0.2, 0.25) is 0 Å². The van der Waals surface area contributed by atoms with Crippen molar-refractivity contribution < 1.29 is 9.59 Å². The summed E-state index contributed by atoms with van der Waals surface area (Å²) >= 11 is 0. The predicted octanol–water partition coefficient (Wildman–Crippen LogP) is 3.91. The van der Waals surface area contributed by atoms with Crippen molar-refractivity contribution in [3.8, 4) is 0 Å². The van der Waals surface area contributed by atoms with E-state index in [2.05, 4.69) is 17.0 Å². The summed E-state index contributed by atoms with van der Waals surface area (Å²) in [5, 5.41) is 0. The Labute approximate surface area is 140 Å². The average Bonchev–Trinajstić information content (AvgIpc) is 2.95. The summed E-state index contributed by atoms with van der Waals surface area (Å²) in [4.78, 5) is 26.4. The van der Waals surface area contributed by atoms with Crippen LogP contribution < -0.4 is 4.90 Å². The Bertz CT molecular complexity index is 860. The quantitative estimate of drug-likeness (QED) is 0.623. The van der Waals surface area contributed by atoms with Gasteiger partial charge in [-0.2, -0.15) is 0 Å². The van der Waals surface area contributed by atoms with Crippen molar-refractivity contribution in [3.63, 3.8) is 0 Å². The zero-order valence-electron chi connectivity index (χ0n) is 13.2. The van der Waals surface area contributed by atoms with E-state index in [1.165, 1.54) is 5.56 Å². The largest absolute Gasteiger partial charge is 0.343 e. The van der Waals surface area contributed by atoms with Crippen LogP contribution in [0.4, 0.5) is 5.69 Å². The molecule has 2 aromatic carbocycles. The molecule has 3 nitrogen and oxygen atoms in total. The molecule has 0 saturated heterocycles. The number of fused-ring (bicyclic) bond motifs is 1. The zero-order chi connectivity index (χ0) is 16.5. The van der Waals surface area contributed by atoms with Gasteiger partial charge in [0.2, 0.25) is 0 Å². The number of carbonyl (C=O) groups excluding carboxylic acids is 2. The molecule has 2 aromatic rings. The monoisotopic (exact) mass is 315 g/mol. The summed E-state index contributed by atoms with van der Waals surface area (Å²) in [6, 6.07) is 18.2. The van der Waals surface area contributed by atoms with Gasteiger partial charge in [-0.15, -0.1) is 0 Å². The number of benzene rings is 2. The minimum atomic E-state index is -0.0361. The van der Waals surface area contributed by atoms with E-state index < -0.39 is 0 Å². The fourth-order valence-electron chi connectivity index (χ4n) is 3.36. The molecule has 0 amide bonds. The molecule has 4 rings (SSSR count). The summed E-state index contributed by atoms with van der Waals surface area (Å²) in [7, 11) is 0. The van der Waals surface area contributed by atoms with E-state index in [-0.39, 0.29) is 11.6 Å². The van der Waals surface area contributed by atoms with Gasteiger partial charge in [0.15, 0.2) is 11.6 Å². The Kier molecular flexibility index (Phi) is 3.62. The molecule has 0 aromatic heterocycles. The van der Waals surface area contributed by atoms with Crippen molar-refractivity contribution in [2.75, 3.05) is 4.90 Å². The number of hydrogen-bond acceptors (Lipinski definition) is 3. The van der Waals surface area contributed by atoms with E-state index >= 15 is 0 Å². The lowest BCUT2D eigenvalue weighted by Gasteiger charge is -2.28. The van der Waals surface area contributed by atoms with Crippen molar-refractivity contribution in [1.82, 2.24) is 0 Å². The molecular weight excluding hydrogens is 298 g/mol. The van der Waals surface area contributed by atoms with Crippen molar-refractivity contribution in [1.29, 1.82) is 0 Å². The summed E-state index contributed by atoms with van der Waals surface area (Å²) in [6.07, 6.45) is 4.54. The van der Waals surface area contributed by atoms with Gasteiger partial charge in [-0.3, -0.25) is 9.59 Å². The molecule has 118 valence electrons. The maximum absolute atomic E-state index is 12.1. The minimum absolute atomic E-state index is 0.0361. The van der Waals surface area contributed by atoms with E-state index in [0.29, 0.717) is 18.4 Å². The summed E-state index contributed by atoms with van der Waals surface area (Å²) in [6.45, 7) is 0.749. The molecule has 0 spiro atoms. The van der Waals surface area contributed by atoms with Gasteiger partial charge in [0, 0.05) is 36.8 Å². The molecule has 0 unspecified atom stereocenters. The molecule has 0 atom stereocenters. The Balaban J connectivity index is 1.79. The van der Waals surface area contributed by atoms with Gasteiger partial charge in [-0.1, -0.05) is 48.5 Å². The smallest absolute Gasteiger partial charge is 0.167 e. The van der Waals surface area contributed by atoms with Crippen LogP contribution in [0, 0.1) is 0 Å². The van der Waals surface area contributed by atoms with Crippen LogP contribution in [0.1, 0.15) is 24.0 Å². The highest BCUT2D eigenvalue weighted by molar-refractivity contribution is 6.30. The second kappa shape index (κ2) is 5.93. The van der Waals surface area contributed by atoms with Crippen LogP contribution in [0.25, 0.3) is 5.57 Å². The highest BCUT2D eigenvalue weighted by Crippen LogP contribution is 2.37. The normalized spacial score (nSPS) is 16.8. The number of carbonyl (C=O) groups is 2. The molecular formula is C21H17NO2. The SMILES string of the molecule is O=C1CCC(=O)C1=C1C=CN(Cc2ccccc2)c2ccccc21. The molecule has 0 radical (unpaired) electrons. The molecule has 1 heterocycles. The van der Waals surface area contributed by atoms with Gasteiger partial charge in [-0.05, 0) is 23.3 Å². The number of para-hydroxylation sites is 1. The van der Waals surface area contributed by atoms with Crippen LogP contribution in [-0.2, 0) is 16.1 Å². The van der Waals surface area contributed by atoms with Gasteiger partial charge in [0.05, 0.1) is 5.57 Å².